The van der Waals surface area contributed by atoms with Crippen LogP contribution in [-0.4, -0.2) is 16.2 Å². The summed E-state index contributed by atoms with van der Waals surface area (Å²) in [6.07, 6.45) is 0.596. The van der Waals surface area contributed by atoms with Gasteiger partial charge in [0.2, 0.25) is 0 Å². The summed E-state index contributed by atoms with van der Waals surface area (Å²) in [7, 11) is 0. The number of phenols is 1. The van der Waals surface area contributed by atoms with Crippen molar-refractivity contribution in [3.63, 3.8) is 0 Å². The van der Waals surface area contributed by atoms with Crippen molar-refractivity contribution >= 4 is 61.9 Å². The largest absolute Gasteiger partial charge is 0.507 e. The van der Waals surface area contributed by atoms with Crippen molar-refractivity contribution in [3.8, 4) is 17.2 Å². The molecule has 2 N–H and O–H groups in total. The van der Waals surface area contributed by atoms with Gasteiger partial charge in [-0.25, -0.2) is 0 Å². The van der Waals surface area contributed by atoms with Crippen molar-refractivity contribution in [1.29, 1.82) is 0 Å². The van der Waals surface area contributed by atoms with E-state index in [-0.39, 0.29) is 12.2 Å². The molecule has 0 unspecified atom stereocenters. The van der Waals surface area contributed by atoms with Gasteiger partial charge in [0.1, 0.15) is 11.5 Å². The summed E-state index contributed by atoms with van der Waals surface area (Å²) in [4.78, 5) is 10.8. The Bertz CT molecular complexity index is 930. The molecule has 3 rings (SSSR count). The Morgan fingerprint density at radius 1 is 1.00 bits per heavy atom. The number of hydrogen-bond acceptors (Lipinski definition) is 3. The minimum atomic E-state index is -0.805. The van der Waals surface area contributed by atoms with Crippen LogP contribution < -0.4 is 4.74 Å². The number of carbonyl (C=O) groups is 1. The van der Waals surface area contributed by atoms with Gasteiger partial charge in [0, 0.05) is 17.2 Å². The fourth-order valence-electron chi connectivity index (χ4n) is 2.56. The molecule has 0 spiro atoms. The molecule has 0 aliphatic heterocycles. The Morgan fingerprint density at radius 3 is 2.28 bits per heavy atom. The number of hydrogen-bond donors (Lipinski definition) is 2. The van der Waals surface area contributed by atoms with E-state index in [0.29, 0.717) is 12.2 Å². The highest BCUT2D eigenvalue weighted by atomic mass is 127. The molecule has 6 heteroatoms. The number of aryl methyl sites for hydroxylation is 1. The van der Waals surface area contributed by atoms with E-state index in [0.717, 1.165) is 29.2 Å². The Labute approximate surface area is 172 Å². The molecule has 0 aliphatic rings. The Hall–Kier alpha value is -1.55. The maximum Gasteiger partial charge on any atom is 0.303 e. The van der Waals surface area contributed by atoms with E-state index in [1.54, 1.807) is 12.1 Å². The van der Waals surface area contributed by atoms with Crippen LogP contribution in [0.4, 0.5) is 0 Å². The lowest BCUT2D eigenvalue weighted by Gasteiger charge is -2.14. The monoisotopic (exact) mass is 560 g/mol. The quantitative estimate of drug-likeness (QED) is 0.401. The zero-order valence-corrected chi connectivity index (χ0v) is 17.3. The Balaban J connectivity index is 1.96. The van der Waals surface area contributed by atoms with Gasteiger partial charge in [-0.15, -0.1) is 0 Å². The molecule has 0 bridgehead atoms. The Morgan fingerprint density at radius 2 is 1.64 bits per heavy atom. The number of ether oxygens (including phenoxy) is 1. The molecule has 128 valence electrons. The van der Waals surface area contributed by atoms with Crippen LogP contribution >= 0.6 is 45.2 Å². The van der Waals surface area contributed by atoms with Crippen LogP contribution in [-0.2, 0) is 11.2 Å². The van der Waals surface area contributed by atoms with Crippen LogP contribution in [0.25, 0.3) is 10.8 Å². The molecule has 3 aromatic rings. The maximum atomic E-state index is 10.8. The lowest BCUT2D eigenvalue weighted by molar-refractivity contribution is -0.136. The van der Waals surface area contributed by atoms with Crippen LogP contribution in [0.3, 0.4) is 0 Å². The molecule has 25 heavy (non-hydrogen) atoms. The van der Waals surface area contributed by atoms with Crippen LogP contribution in [0.2, 0.25) is 0 Å². The molecule has 0 heterocycles. The lowest BCUT2D eigenvalue weighted by Crippen LogP contribution is -1.99. The molecule has 0 radical (unpaired) electrons. The van der Waals surface area contributed by atoms with Gasteiger partial charge in [0.15, 0.2) is 5.75 Å². The number of fused-ring (bicyclic) bond motifs is 1. The van der Waals surface area contributed by atoms with Crippen molar-refractivity contribution < 1.29 is 19.7 Å². The van der Waals surface area contributed by atoms with E-state index >= 15 is 0 Å². The molecule has 4 nitrogen and oxygen atoms in total. The number of aliphatic carboxylic acids is 1. The predicted molar refractivity (Wildman–Crippen MR) is 114 cm³/mol. The van der Waals surface area contributed by atoms with Crippen molar-refractivity contribution in [1.82, 2.24) is 0 Å². The molecular weight excluding hydrogens is 546 g/mol. The summed E-state index contributed by atoms with van der Waals surface area (Å²) >= 11 is 4.40. The number of carboxylic acids is 1. The van der Waals surface area contributed by atoms with Gasteiger partial charge in [-0.1, -0.05) is 24.3 Å². The van der Waals surface area contributed by atoms with Crippen molar-refractivity contribution in [2.24, 2.45) is 0 Å². The van der Waals surface area contributed by atoms with Crippen LogP contribution in [0.1, 0.15) is 12.0 Å². The molecule has 0 fully saturated rings. The third-order valence-corrected chi connectivity index (χ3v) is 5.36. The summed E-state index contributed by atoms with van der Waals surface area (Å²) in [5.74, 6) is 0.816. The van der Waals surface area contributed by atoms with Crippen LogP contribution in [0.5, 0.6) is 17.2 Å². The molecule has 0 aliphatic carbocycles. The predicted octanol–water partition coefficient (Wildman–Crippen LogP) is 5.56. The summed E-state index contributed by atoms with van der Waals surface area (Å²) in [6, 6.07) is 14.8. The first kappa shape index (κ1) is 18.2. The van der Waals surface area contributed by atoms with Crippen LogP contribution in [0, 0.1) is 7.14 Å². The first-order valence-electron chi connectivity index (χ1n) is 7.54. The number of phenolic OH excluding ortho intramolecular Hbond substituents is 1. The fraction of sp³-hybridized carbons (Fsp3) is 0.105. The standard InChI is InChI=1S/C19H14I2O4/c20-14-9-11(5-8-18(23)24)10-15(21)19(14)25-17-7-6-16(22)12-3-1-2-4-13(12)17/h1-4,6-7,9-10,22H,5,8H2,(H,23,24). The number of aromatic hydroxyl groups is 1. The smallest absolute Gasteiger partial charge is 0.303 e. The van der Waals surface area contributed by atoms with E-state index in [1.165, 1.54) is 0 Å². The van der Waals surface area contributed by atoms with Gasteiger partial charge in [0.25, 0.3) is 0 Å². The third-order valence-electron chi connectivity index (χ3n) is 3.76. The number of rotatable bonds is 5. The summed E-state index contributed by atoms with van der Waals surface area (Å²) in [5, 5.41) is 20.4. The van der Waals surface area contributed by atoms with Gasteiger partial charge in [-0.2, -0.15) is 0 Å². The van der Waals surface area contributed by atoms with E-state index in [1.807, 2.05) is 36.4 Å². The van der Waals surface area contributed by atoms with Crippen molar-refractivity contribution in [2.45, 2.75) is 12.8 Å². The zero-order valence-electron chi connectivity index (χ0n) is 13.0. The molecule has 3 aromatic carbocycles. The second-order valence-corrected chi connectivity index (χ2v) is 7.84. The summed E-state index contributed by atoms with van der Waals surface area (Å²) in [5.41, 5.74) is 0.971. The van der Waals surface area contributed by atoms with Crippen LogP contribution in [0.15, 0.2) is 48.5 Å². The number of benzene rings is 3. The van der Waals surface area contributed by atoms with Crippen molar-refractivity contribution in [2.75, 3.05) is 0 Å². The zero-order chi connectivity index (χ0) is 18.0. The average Bonchev–Trinajstić information content (AvgIpc) is 2.58. The SMILES string of the molecule is O=C(O)CCc1cc(I)c(Oc2ccc(O)c3ccccc23)c(I)c1. The third kappa shape index (κ3) is 4.17. The molecule has 0 amide bonds. The summed E-state index contributed by atoms with van der Waals surface area (Å²) < 4.78 is 7.98. The molecule has 0 aromatic heterocycles. The number of carboxylic acid groups (broad SMARTS) is 1. The normalized spacial score (nSPS) is 10.8. The summed E-state index contributed by atoms with van der Waals surface area (Å²) in [6.45, 7) is 0. The van der Waals surface area contributed by atoms with Gasteiger partial charge in [-0.05, 0) is 81.4 Å². The highest BCUT2D eigenvalue weighted by Crippen LogP contribution is 2.38. The second-order valence-electron chi connectivity index (χ2n) is 5.51. The topological polar surface area (TPSA) is 66.8 Å². The molecule has 0 saturated heterocycles. The van der Waals surface area contributed by atoms with E-state index in [2.05, 4.69) is 45.2 Å². The minimum absolute atomic E-state index is 0.106. The van der Waals surface area contributed by atoms with Gasteiger partial charge in [0.05, 0.1) is 7.14 Å². The first-order chi connectivity index (χ1) is 12.0. The van der Waals surface area contributed by atoms with Crippen molar-refractivity contribution in [3.05, 3.63) is 61.2 Å². The number of halogens is 2. The van der Waals surface area contributed by atoms with Gasteiger partial charge < -0.3 is 14.9 Å². The Kier molecular flexibility index (Phi) is 5.67. The van der Waals surface area contributed by atoms with E-state index < -0.39 is 5.97 Å². The van der Waals surface area contributed by atoms with Gasteiger partial charge >= 0.3 is 5.97 Å². The van der Waals surface area contributed by atoms with E-state index in [4.69, 9.17) is 9.84 Å². The highest BCUT2D eigenvalue weighted by molar-refractivity contribution is 14.1. The molecule has 0 atom stereocenters. The first-order valence-corrected chi connectivity index (χ1v) is 9.69. The maximum absolute atomic E-state index is 10.8. The second kappa shape index (κ2) is 7.77. The van der Waals surface area contributed by atoms with E-state index in [9.17, 15) is 9.90 Å². The fourth-order valence-corrected chi connectivity index (χ4v) is 4.68. The molecular formula is C19H14I2O4. The van der Waals surface area contributed by atoms with Gasteiger partial charge in [-0.3, -0.25) is 4.79 Å². The minimum Gasteiger partial charge on any atom is -0.507 e. The highest BCUT2D eigenvalue weighted by Gasteiger charge is 2.13. The molecule has 0 saturated carbocycles. The lowest BCUT2D eigenvalue weighted by atomic mass is 10.1. The average molecular weight is 560 g/mol.